The van der Waals surface area contributed by atoms with Crippen molar-refractivity contribution in [2.45, 2.75) is 5.16 Å². The highest BCUT2D eigenvalue weighted by molar-refractivity contribution is 8.11. The number of H-pyrrole nitrogens is 1. The van der Waals surface area contributed by atoms with Crippen LogP contribution < -0.4 is 23.0 Å². The van der Waals surface area contributed by atoms with Gasteiger partial charge in [-0.3, -0.25) is 9.78 Å². The molecule has 0 radical (unpaired) electrons. The topological polar surface area (TPSA) is 188 Å². The molecule has 0 aliphatic rings. The smallest absolute Gasteiger partial charge is 0.216 e. The van der Waals surface area contributed by atoms with Crippen molar-refractivity contribution in [1.29, 1.82) is 0 Å². The molecule has 0 atom stereocenters. The monoisotopic (exact) mass is 359 g/mol. The number of nitrogen functional groups attached to an aromatic ring is 1. The molecule has 23 heavy (non-hydrogen) atoms. The number of hydrogen-bond acceptors (Lipinski definition) is 9. The van der Waals surface area contributed by atoms with Crippen LogP contribution in [0.25, 0.3) is 0 Å². The zero-order valence-electron chi connectivity index (χ0n) is 12.8. The fourth-order valence-electron chi connectivity index (χ4n) is 0.662. The van der Waals surface area contributed by atoms with Gasteiger partial charge in [-0.05, 0) is 24.6 Å². The maximum atomic E-state index is 9.14. The van der Waals surface area contributed by atoms with Gasteiger partial charge in [0, 0.05) is 12.4 Å². The number of nitrogens with two attached hydrogens (primary N) is 4. The van der Waals surface area contributed by atoms with Gasteiger partial charge in [-0.15, -0.1) is 10.2 Å². The Morgan fingerprint density at radius 2 is 1.78 bits per heavy atom. The average molecular weight is 359 g/mol. The SMILES string of the molecule is CSC=O.CSc1n[nH]c(N)n1.NN=C(N)N.c1ccncc1. The van der Waals surface area contributed by atoms with Crippen LogP contribution in [0.2, 0.25) is 0 Å². The van der Waals surface area contributed by atoms with Crippen LogP contribution in [0.1, 0.15) is 0 Å². The third kappa shape index (κ3) is 19.5. The van der Waals surface area contributed by atoms with Crippen molar-refractivity contribution in [3.63, 3.8) is 0 Å². The summed E-state index contributed by atoms with van der Waals surface area (Å²) >= 11 is 2.63. The first-order valence-electron chi connectivity index (χ1n) is 5.83. The Bertz CT molecular complexity index is 491. The third-order valence-corrected chi connectivity index (χ3v) is 2.22. The summed E-state index contributed by atoms with van der Waals surface area (Å²) in [7, 11) is 0. The van der Waals surface area contributed by atoms with Crippen molar-refractivity contribution in [1.82, 2.24) is 20.2 Å². The van der Waals surface area contributed by atoms with Crippen molar-refractivity contribution < 1.29 is 4.79 Å². The van der Waals surface area contributed by atoms with Gasteiger partial charge in [0.05, 0.1) is 0 Å². The van der Waals surface area contributed by atoms with Crippen molar-refractivity contribution in [3.8, 4) is 0 Å². The van der Waals surface area contributed by atoms with Crippen LogP contribution in [0.5, 0.6) is 0 Å². The van der Waals surface area contributed by atoms with Crippen molar-refractivity contribution in [3.05, 3.63) is 30.6 Å². The zero-order valence-corrected chi connectivity index (χ0v) is 14.4. The summed E-state index contributed by atoms with van der Waals surface area (Å²) in [6, 6.07) is 5.72. The number of thioether (sulfide) groups is 2. The lowest BCUT2D eigenvalue weighted by Gasteiger charge is -1.76. The zero-order chi connectivity index (χ0) is 17.9. The predicted octanol–water partition coefficient (Wildman–Crippen LogP) is -0.136. The molecule has 0 aliphatic heterocycles. The summed E-state index contributed by atoms with van der Waals surface area (Å²) in [5.41, 5.74) is 15.4. The van der Waals surface area contributed by atoms with E-state index in [1.807, 2.05) is 24.5 Å². The van der Waals surface area contributed by atoms with Gasteiger partial charge in [-0.25, -0.2) is 5.10 Å². The van der Waals surface area contributed by atoms with Crippen LogP contribution in [0.15, 0.2) is 40.9 Å². The minimum absolute atomic E-state index is 0.0926. The molecule has 0 fully saturated rings. The third-order valence-electron chi connectivity index (χ3n) is 1.48. The molecule has 0 saturated heterocycles. The van der Waals surface area contributed by atoms with E-state index < -0.39 is 0 Å². The maximum absolute atomic E-state index is 9.14. The Morgan fingerprint density at radius 1 is 1.26 bits per heavy atom. The summed E-state index contributed by atoms with van der Waals surface area (Å²) in [5, 5.41) is 9.80. The molecular weight excluding hydrogens is 338 g/mol. The Morgan fingerprint density at radius 3 is 1.91 bits per heavy atom. The number of hydrazone groups is 1. The second-order valence-electron chi connectivity index (χ2n) is 3.12. The molecule has 0 spiro atoms. The first kappa shape index (κ1) is 22.8. The quantitative estimate of drug-likeness (QED) is 0.120. The van der Waals surface area contributed by atoms with E-state index in [0.29, 0.717) is 11.1 Å². The summed E-state index contributed by atoms with van der Waals surface area (Å²) < 4.78 is 0. The minimum atomic E-state index is -0.0926. The second-order valence-corrected chi connectivity index (χ2v) is 4.56. The largest absolute Gasteiger partial charge is 0.369 e. The number of pyridine rings is 1. The maximum Gasteiger partial charge on any atom is 0.216 e. The van der Waals surface area contributed by atoms with E-state index in [-0.39, 0.29) is 5.96 Å². The normalized spacial score (nSPS) is 7.91. The van der Waals surface area contributed by atoms with E-state index in [2.05, 4.69) is 31.1 Å². The second kappa shape index (κ2) is 17.6. The van der Waals surface area contributed by atoms with Crippen molar-refractivity contribution in [2.75, 3.05) is 18.2 Å². The Kier molecular flexibility index (Phi) is 17.4. The highest BCUT2D eigenvalue weighted by atomic mass is 32.2. The van der Waals surface area contributed by atoms with E-state index in [4.69, 9.17) is 22.0 Å². The number of hydrogen-bond donors (Lipinski definition) is 5. The van der Waals surface area contributed by atoms with Crippen LogP contribution in [0.3, 0.4) is 0 Å². The van der Waals surface area contributed by atoms with Crippen molar-refractivity contribution >= 4 is 41.0 Å². The molecule has 0 amide bonds. The number of carbonyl (C=O) groups excluding carboxylic acids is 1. The van der Waals surface area contributed by atoms with E-state index in [0.717, 1.165) is 5.62 Å². The molecular formula is C11H21N9OS2. The molecule has 128 valence electrons. The van der Waals surface area contributed by atoms with E-state index in [1.54, 1.807) is 18.6 Å². The summed E-state index contributed by atoms with van der Waals surface area (Å²) in [5.74, 6) is 4.79. The molecule has 0 aromatic carbocycles. The Labute approximate surface area is 142 Å². The van der Waals surface area contributed by atoms with Gasteiger partial charge in [0.1, 0.15) is 0 Å². The molecule has 0 unspecified atom stereocenters. The molecule has 12 heteroatoms. The predicted molar refractivity (Wildman–Crippen MR) is 97.1 cm³/mol. The fourth-order valence-corrected chi connectivity index (χ4v) is 0.989. The van der Waals surface area contributed by atoms with Gasteiger partial charge in [-0.2, -0.15) is 4.98 Å². The highest BCUT2D eigenvalue weighted by Gasteiger charge is 1.93. The van der Waals surface area contributed by atoms with Crippen molar-refractivity contribution in [2.24, 2.45) is 22.4 Å². The number of nitrogens with one attached hydrogen (secondary N) is 1. The first-order valence-corrected chi connectivity index (χ1v) is 8.35. The lowest BCUT2D eigenvalue weighted by atomic mass is 10.5. The van der Waals surface area contributed by atoms with Crippen LogP contribution in [-0.4, -0.2) is 44.3 Å². The van der Waals surface area contributed by atoms with Crippen LogP contribution in [0.4, 0.5) is 5.95 Å². The molecule has 0 bridgehead atoms. The molecule has 10 nitrogen and oxygen atoms in total. The van der Waals surface area contributed by atoms with Gasteiger partial charge in [0.25, 0.3) is 0 Å². The van der Waals surface area contributed by atoms with Gasteiger partial charge in [0.2, 0.25) is 17.1 Å². The number of aromatic nitrogens is 4. The lowest BCUT2D eigenvalue weighted by molar-refractivity contribution is 0.570. The summed E-state index contributed by atoms with van der Waals surface area (Å²) in [4.78, 5) is 16.7. The highest BCUT2D eigenvalue weighted by Crippen LogP contribution is 2.06. The molecule has 0 aliphatic carbocycles. The van der Waals surface area contributed by atoms with Gasteiger partial charge in [-0.1, -0.05) is 29.6 Å². The number of aromatic amines is 1. The molecule has 2 rings (SSSR count). The van der Waals surface area contributed by atoms with Crippen LogP contribution in [-0.2, 0) is 4.79 Å². The number of guanidine groups is 1. The van der Waals surface area contributed by atoms with Gasteiger partial charge < -0.3 is 23.0 Å². The first-order chi connectivity index (χ1) is 11.0. The number of carbonyl (C=O) groups is 1. The Hall–Kier alpha value is -2.47. The fraction of sp³-hybridized carbons (Fsp3) is 0.182. The molecule has 0 saturated carbocycles. The number of anilines is 1. The minimum Gasteiger partial charge on any atom is -0.369 e. The lowest BCUT2D eigenvalue weighted by Crippen LogP contribution is -2.23. The number of rotatable bonds is 2. The molecule has 2 aromatic rings. The van der Waals surface area contributed by atoms with Gasteiger partial charge >= 0.3 is 0 Å². The number of nitrogens with zero attached hydrogens (tertiary/aromatic N) is 4. The standard InChI is InChI=1S/C5H5N.C3H6N4S.C2H4OS.CH6N4/c1-2-4-6-5-3-1;1-8-3-5-2(4)6-7-3;1-4-2-3;2-1(3)5-4/h1-5H;1H3,(H3,4,5,6,7);2H,1H3;4H2,(H4,2,3,5). The Balaban J connectivity index is 0. The average Bonchev–Trinajstić information content (AvgIpc) is 3.03. The summed E-state index contributed by atoms with van der Waals surface area (Å²) in [6.45, 7) is 0. The molecule has 2 heterocycles. The molecule has 2 aromatic heterocycles. The van der Waals surface area contributed by atoms with E-state index in [1.165, 1.54) is 23.5 Å². The van der Waals surface area contributed by atoms with Gasteiger partial charge in [0.15, 0.2) is 5.62 Å². The van der Waals surface area contributed by atoms with Crippen LogP contribution in [0, 0.1) is 0 Å². The molecule has 9 N–H and O–H groups in total. The summed E-state index contributed by atoms with van der Waals surface area (Å²) in [6.07, 6.45) is 7.12. The van der Waals surface area contributed by atoms with E-state index in [9.17, 15) is 0 Å². The van der Waals surface area contributed by atoms with Crippen LogP contribution >= 0.6 is 23.5 Å². The van der Waals surface area contributed by atoms with E-state index >= 15 is 0 Å².